The van der Waals surface area contributed by atoms with Crippen molar-refractivity contribution in [3.05, 3.63) is 138 Å². The van der Waals surface area contributed by atoms with Crippen LogP contribution in [-0.2, 0) is 7.05 Å². The lowest BCUT2D eigenvalue weighted by Crippen LogP contribution is -2.18. The highest BCUT2D eigenvalue weighted by atomic mass is 79.9. The first-order chi connectivity index (χ1) is 21.0. The van der Waals surface area contributed by atoms with Crippen LogP contribution >= 0.6 is 15.9 Å². The van der Waals surface area contributed by atoms with Gasteiger partial charge in [0.1, 0.15) is 11.5 Å². The van der Waals surface area contributed by atoms with E-state index >= 15 is 0 Å². The van der Waals surface area contributed by atoms with Crippen LogP contribution in [0.25, 0.3) is 11.1 Å². The van der Waals surface area contributed by atoms with Gasteiger partial charge in [-0.1, -0.05) is 36.4 Å². The molecule has 5 aromatic rings. The van der Waals surface area contributed by atoms with Gasteiger partial charge in [-0.05, 0) is 77.5 Å². The third-order valence-electron chi connectivity index (χ3n) is 6.14. The Kier molecular flexibility index (Phi) is 9.61. The number of nitrogens with zero attached hydrogens (tertiary/aromatic N) is 3. The first-order valence-electron chi connectivity index (χ1n) is 12.8. The molecule has 12 nitrogen and oxygen atoms in total. The maximum Gasteiger partial charge on any atom is 0.353 e. The zero-order valence-corrected chi connectivity index (χ0v) is 24.8. The van der Waals surface area contributed by atoms with Gasteiger partial charge >= 0.3 is 11.4 Å². The molecule has 13 heteroatoms. The molecule has 0 aliphatic carbocycles. The van der Waals surface area contributed by atoms with Crippen LogP contribution in [0.2, 0.25) is 0 Å². The fourth-order valence-corrected chi connectivity index (χ4v) is 4.52. The third kappa shape index (κ3) is 7.02. The summed E-state index contributed by atoms with van der Waals surface area (Å²) in [7, 11) is 1.60. The zero-order chi connectivity index (χ0) is 32.0. The molecule has 5 rings (SSSR count). The van der Waals surface area contributed by atoms with E-state index < -0.39 is 32.7 Å². The molecule has 0 bridgehead atoms. The quantitative estimate of drug-likeness (QED) is 0.132. The number of ether oxygens (including phenoxy) is 2. The Balaban J connectivity index is 0.000000215. The number of phenols is 2. The predicted octanol–water partition coefficient (Wildman–Crippen LogP) is 7.62. The van der Waals surface area contributed by atoms with Gasteiger partial charge in [-0.3, -0.25) is 25.0 Å². The van der Waals surface area contributed by atoms with Crippen molar-refractivity contribution in [3.63, 3.8) is 0 Å². The van der Waals surface area contributed by atoms with Gasteiger partial charge in [0.15, 0.2) is 11.5 Å². The molecule has 0 saturated heterocycles. The van der Waals surface area contributed by atoms with Crippen LogP contribution in [0.15, 0.2) is 106 Å². The molecule has 0 atom stereocenters. The van der Waals surface area contributed by atoms with Crippen molar-refractivity contribution in [2.24, 2.45) is 7.05 Å². The minimum Gasteiger partial charge on any atom is -0.502 e. The van der Waals surface area contributed by atoms with Crippen molar-refractivity contribution >= 4 is 27.3 Å². The number of aryl methyl sites for hydroxylation is 2. The largest absolute Gasteiger partial charge is 0.502 e. The van der Waals surface area contributed by atoms with Gasteiger partial charge < -0.3 is 24.3 Å². The standard InChI is InChI=1S/C19H16N2O5.C12H8BrNO4/c1-12-10-13(11-20(2)19(12)23)15-8-9-16(22)17(21(24)25)18(15)26-14-6-4-3-5-7-14;13-9-6-7-10(15)11(14(16)17)12(9)18-8-4-2-1-3-5-8/h3-11,22H,1-2H3;1-7,15H. The summed E-state index contributed by atoms with van der Waals surface area (Å²) in [5.41, 5.74) is 0.306. The number of rotatable bonds is 7. The monoisotopic (exact) mass is 661 g/mol. The lowest BCUT2D eigenvalue weighted by molar-refractivity contribution is -0.386. The lowest BCUT2D eigenvalue weighted by Gasteiger charge is -2.14. The first-order valence-corrected chi connectivity index (χ1v) is 13.6. The second-order valence-corrected chi connectivity index (χ2v) is 10.1. The fraction of sp³-hybridized carbons (Fsp3) is 0.0645. The minimum atomic E-state index is -0.689. The van der Waals surface area contributed by atoms with Crippen LogP contribution in [-0.4, -0.2) is 24.6 Å². The summed E-state index contributed by atoms with van der Waals surface area (Å²) in [4.78, 5) is 33.0. The highest BCUT2D eigenvalue weighted by Gasteiger charge is 2.27. The fourth-order valence-electron chi connectivity index (χ4n) is 4.12. The third-order valence-corrected chi connectivity index (χ3v) is 6.76. The number of nitro groups is 2. The van der Waals surface area contributed by atoms with E-state index in [0.717, 1.165) is 0 Å². The molecule has 1 aromatic heterocycles. The number of pyridine rings is 1. The number of hydrogen-bond acceptors (Lipinski definition) is 9. The molecule has 0 aliphatic heterocycles. The molecule has 0 saturated carbocycles. The summed E-state index contributed by atoms with van der Waals surface area (Å²) in [5.74, 6) is -0.193. The van der Waals surface area contributed by atoms with Gasteiger partial charge in [0.25, 0.3) is 5.56 Å². The highest BCUT2D eigenvalue weighted by Crippen LogP contribution is 2.46. The van der Waals surface area contributed by atoms with Gasteiger partial charge in [-0.25, -0.2) is 0 Å². The molecule has 0 radical (unpaired) electrons. The van der Waals surface area contributed by atoms with Crippen molar-refractivity contribution in [1.82, 2.24) is 4.57 Å². The molecule has 0 amide bonds. The molecular weight excluding hydrogens is 638 g/mol. The summed E-state index contributed by atoms with van der Waals surface area (Å²) in [5, 5.41) is 42.0. The second kappa shape index (κ2) is 13.5. The number of para-hydroxylation sites is 2. The van der Waals surface area contributed by atoms with Crippen LogP contribution < -0.4 is 15.0 Å². The van der Waals surface area contributed by atoms with Crippen LogP contribution in [0, 0.1) is 27.2 Å². The SMILES string of the molecule is Cc1cc(-c2ccc(O)c([N+](=O)[O-])c2Oc2ccccc2)cn(C)c1=O.O=[N+]([O-])c1c(O)ccc(Br)c1Oc1ccccc1. The van der Waals surface area contributed by atoms with Gasteiger partial charge in [-0.15, -0.1) is 0 Å². The molecule has 224 valence electrons. The van der Waals surface area contributed by atoms with E-state index in [-0.39, 0.29) is 17.1 Å². The topological polar surface area (TPSA) is 167 Å². The Morgan fingerprint density at radius 2 is 1.23 bits per heavy atom. The molecule has 0 unspecified atom stereocenters. The van der Waals surface area contributed by atoms with E-state index in [0.29, 0.717) is 32.7 Å². The molecule has 0 aliphatic rings. The predicted molar refractivity (Wildman–Crippen MR) is 166 cm³/mol. The van der Waals surface area contributed by atoms with E-state index in [2.05, 4.69) is 15.9 Å². The van der Waals surface area contributed by atoms with Crippen LogP contribution in [0.4, 0.5) is 11.4 Å². The lowest BCUT2D eigenvalue weighted by atomic mass is 10.0. The average molecular weight is 662 g/mol. The van der Waals surface area contributed by atoms with Crippen molar-refractivity contribution in [3.8, 4) is 45.6 Å². The molecular formula is C31H24BrN3O9. The van der Waals surface area contributed by atoms with E-state index in [1.54, 1.807) is 86.9 Å². The Bertz CT molecular complexity index is 1870. The number of aromatic nitrogens is 1. The van der Waals surface area contributed by atoms with E-state index in [9.17, 15) is 35.2 Å². The number of aromatic hydroxyl groups is 2. The molecule has 44 heavy (non-hydrogen) atoms. The zero-order valence-electron chi connectivity index (χ0n) is 23.2. The van der Waals surface area contributed by atoms with Crippen molar-refractivity contribution in [2.45, 2.75) is 6.92 Å². The first kappa shape index (κ1) is 31.3. The molecule has 0 spiro atoms. The maximum absolute atomic E-state index is 11.9. The smallest absolute Gasteiger partial charge is 0.353 e. The normalized spacial score (nSPS) is 10.3. The van der Waals surface area contributed by atoms with Crippen LogP contribution in [0.3, 0.4) is 0 Å². The van der Waals surface area contributed by atoms with Gasteiger partial charge in [0, 0.05) is 29.9 Å². The van der Waals surface area contributed by atoms with Crippen molar-refractivity contribution in [1.29, 1.82) is 0 Å². The number of hydrogen-bond donors (Lipinski definition) is 2. The summed E-state index contributed by atoms with van der Waals surface area (Å²) in [6.07, 6.45) is 1.57. The number of benzene rings is 4. The van der Waals surface area contributed by atoms with Crippen molar-refractivity contribution in [2.75, 3.05) is 0 Å². The number of nitro benzene ring substituents is 2. The maximum atomic E-state index is 11.9. The van der Waals surface area contributed by atoms with Gasteiger partial charge in [-0.2, -0.15) is 0 Å². The van der Waals surface area contributed by atoms with Crippen molar-refractivity contribution < 1.29 is 29.5 Å². The summed E-state index contributed by atoms with van der Waals surface area (Å²) >= 11 is 3.17. The highest BCUT2D eigenvalue weighted by molar-refractivity contribution is 9.10. The summed E-state index contributed by atoms with van der Waals surface area (Å²) < 4.78 is 13.0. The second-order valence-electron chi connectivity index (χ2n) is 9.23. The van der Waals surface area contributed by atoms with E-state index in [1.807, 2.05) is 0 Å². The summed E-state index contributed by atoms with van der Waals surface area (Å²) in [6.45, 7) is 1.67. The minimum absolute atomic E-state index is 0.0220. The molecule has 0 fully saturated rings. The van der Waals surface area contributed by atoms with Gasteiger partial charge in [0.2, 0.25) is 11.5 Å². The number of halogens is 1. The van der Waals surface area contributed by atoms with E-state index in [1.165, 1.54) is 28.8 Å². The Morgan fingerprint density at radius 1 is 0.750 bits per heavy atom. The van der Waals surface area contributed by atoms with Crippen LogP contribution in [0.1, 0.15) is 5.56 Å². The number of phenolic OH excluding ortho intramolecular Hbond substituents is 2. The van der Waals surface area contributed by atoms with Crippen LogP contribution in [0.5, 0.6) is 34.5 Å². The Morgan fingerprint density at radius 3 is 1.73 bits per heavy atom. The van der Waals surface area contributed by atoms with E-state index in [4.69, 9.17) is 9.47 Å². The molecule has 1 heterocycles. The summed E-state index contributed by atoms with van der Waals surface area (Å²) in [6, 6.07) is 24.3. The molecule has 2 N–H and O–H groups in total. The molecule has 4 aromatic carbocycles. The average Bonchev–Trinajstić information content (AvgIpc) is 2.99. The Hall–Kier alpha value is -5.69. The Labute approximate surface area is 258 Å². The van der Waals surface area contributed by atoms with Gasteiger partial charge in [0.05, 0.1) is 14.3 Å².